The minimum absolute atomic E-state index is 0.0806. The van der Waals surface area contributed by atoms with E-state index in [1.54, 1.807) is 0 Å². The summed E-state index contributed by atoms with van der Waals surface area (Å²) in [6, 6.07) is 15.0. The summed E-state index contributed by atoms with van der Waals surface area (Å²) in [6.45, 7) is 2.09. The first-order chi connectivity index (χ1) is 11.6. The molecular weight excluding hydrogens is 302 g/mol. The molecule has 0 saturated heterocycles. The van der Waals surface area contributed by atoms with Gasteiger partial charge in [0.15, 0.2) is 0 Å². The standard InChI is InChI=1S/C19H21N3O2/c1-13-16(8-5-9-17(13)22-19(24)14-10-11-14)20-12-18(23)21-15-6-3-2-4-7-15/h2-9,14,20H,10-12H2,1H3,(H,21,23)(H,22,24). The second-order valence-corrected chi connectivity index (χ2v) is 6.01. The largest absolute Gasteiger partial charge is 0.376 e. The van der Waals surface area contributed by atoms with E-state index in [0.29, 0.717) is 0 Å². The lowest BCUT2D eigenvalue weighted by atomic mass is 10.1. The van der Waals surface area contributed by atoms with Gasteiger partial charge in [0.25, 0.3) is 0 Å². The van der Waals surface area contributed by atoms with Crippen molar-refractivity contribution in [3.8, 4) is 0 Å². The molecule has 1 saturated carbocycles. The molecule has 3 N–H and O–H groups in total. The highest BCUT2D eigenvalue weighted by molar-refractivity contribution is 5.96. The maximum Gasteiger partial charge on any atom is 0.243 e. The van der Waals surface area contributed by atoms with Crippen molar-refractivity contribution >= 4 is 28.9 Å². The molecule has 0 aromatic heterocycles. The van der Waals surface area contributed by atoms with Crippen LogP contribution in [0.15, 0.2) is 48.5 Å². The highest BCUT2D eigenvalue weighted by atomic mass is 16.2. The minimum Gasteiger partial charge on any atom is -0.376 e. The van der Waals surface area contributed by atoms with Crippen molar-refractivity contribution in [2.75, 3.05) is 22.5 Å². The van der Waals surface area contributed by atoms with E-state index >= 15 is 0 Å². The van der Waals surface area contributed by atoms with E-state index in [0.717, 1.165) is 35.5 Å². The third-order valence-electron chi connectivity index (χ3n) is 4.04. The van der Waals surface area contributed by atoms with Gasteiger partial charge in [0.05, 0.1) is 6.54 Å². The summed E-state index contributed by atoms with van der Waals surface area (Å²) in [5.41, 5.74) is 3.33. The van der Waals surface area contributed by atoms with Gasteiger partial charge in [-0.25, -0.2) is 0 Å². The molecule has 1 fully saturated rings. The van der Waals surface area contributed by atoms with E-state index < -0.39 is 0 Å². The highest BCUT2D eigenvalue weighted by Crippen LogP contribution is 2.31. The van der Waals surface area contributed by atoms with Crippen LogP contribution in [0.25, 0.3) is 0 Å². The zero-order valence-corrected chi connectivity index (χ0v) is 13.6. The van der Waals surface area contributed by atoms with Crippen LogP contribution in [0.2, 0.25) is 0 Å². The third kappa shape index (κ3) is 4.13. The molecule has 0 radical (unpaired) electrons. The molecule has 0 unspecified atom stereocenters. The number of carbonyl (C=O) groups is 2. The Labute approximate surface area is 141 Å². The third-order valence-corrected chi connectivity index (χ3v) is 4.04. The molecule has 2 amide bonds. The molecule has 5 nitrogen and oxygen atoms in total. The first kappa shape index (κ1) is 16.1. The molecule has 0 heterocycles. The lowest BCUT2D eigenvalue weighted by molar-refractivity contribution is -0.117. The Bertz CT molecular complexity index is 740. The van der Waals surface area contributed by atoms with Gasteiger partial charge in [-0.05, 0) is 49.6 Å². The van der Waals surface area contributed by atoms with Gasteiger partial charge >= 0.3 is 0 Å². The molecule has 0 atom stereocenters. The van der Waals surface area contributed by atoms with E-state index in [4.69, 9.17) is 0 Å². The van der Waals surface area contributed by atoms with Crippen LogP contribution in [0, 0.1) is 12.8 Å². The summed E-state index contributed by atoms with van der Waals surface area (Å²) < 4.78 is 0. The van der Waals surface area contributed by atoms with Gasteiger partial charge in [0.1, 0.15) is 0 Å². The second-order valence-electron chi connectivity index (χ2n) is 6.01. The lowest BCUT2D eigenvalue weighted by Crippen LogP contribution is -2.22. The fraction of sp³-hybridized carbons (Fsp3) is 0.263. The van der Waals surface area contributed by atoms with Crippen LogP contribution in [0.1, 0.15) is 18.4 Å². The van der Waals surface area contributed by atoms with E-state index in [2.05, 4.69) is 16.0 Å². The zero-order chi connectivity index (χ0) is 16.9. The van der Waals surface area contributed by atoms with Crippen LogP contribution in [0.4, 0.5) is 17.1 Å². The number of rotatable bonds is 6. The van der Waals surface area contributed by atoms with Crippen LogP contribution in [-0.4, -0.2) is 18.4 Å². The summed E-state index contributed by atoms with van der Waals surface area (Å²) in [5.74, 6) is 0.128. The molecule has 3 rings (SSSR count). The van der Waals surface area contributed by atoms with Crippen molar-refractivity contribution in [2.45, 2.75) is 19.8 Å². The van der Waals surface area contributed by atoms with Gasteiger partial charge in [-0.2, -0.15) is 0 Å². The van der Waals surface area contributed by atoms with Crippen molar-refractivity contribution in [2.24, 2.45) is 5.92 Å². The first-order valence-corrected chi connectivity index (χ1v) is 8.13. The van der Waals surface area contributed by atoms with Gasteiger partial charge in [0, 0.05) is 23.0 Å². The molecule has 1 aliphatic rings. The number of amides is 2. The molecule has 124 valence electrons. The zero-order valence-electron chi connectivity index (χ0n) is 13.6. The van der Waals surface area contributed by atoms with E-state index in [1.165, 1.54) is 0 Å². The van der Waals surface area contributed by atoms with E-state index in [-0.39, 0.29) is 24.3 Å². The number of hydrogen-bond donors (Lipinski definition) is 3. The Balaban J connectivity index is 1.58. The number of benzene rings is 2. The van der Waals surface area contributed by atoms with Gasteiger partial charge < -0.3 is 16.0 Å². The summed E-state index contributed by atoms with van der Waals surface area (Å²) in [6.07, 6.45) is 1.95. The molecular formula is C19H21N3O2. The highest BCUT2D eigenvalue weighted by Gasteiger charge is 2.29. The summed E-state index contributed by atoms with van der Waals surface area (Å²) in [5, 5.41) is 8.92. The van der Waals surface area contributed by atoms with Crippen LogP contribution in [0.5, 0.6) is 0 Å². The Morgan fingerprint density at radius 3 is 2.38 bits per heavy atom. The molecule has 1 aliphatic carbocycles. The number of nitrogens with one attached hydrogen (secondary N) is 3. The topological polar surface area (TPSA) is 70.2 Å². The summed E-state index contributed by atoms with van der Waals surface area (Å²) in [4.78, 5) is 23.9. The molecule has 2 aromatic carbocycles. The van der Waals surface area contributed by atoms with Crippen molar-refractivity contribution < 1.29 is 9.59 Å². The maximum atomic E-state index is 12.0. The quantitative estimate of drug-likeness (QED) is 0.763. The molecule has 24 heavy (non-hydrogen) atoms. The molecule has 0 spiro atoms. The Morgan fingerprint density at radius 2 is 1.67 bits per heavy atom. The van der Waals surface area contributed by atoms with Crippen LogP contribution < -0.4 is 16.0 Å². The number of carbonyl (C=O) groups excluding carboxylic acids is 2. The van der Waals surface area contributed by atoms with Crippen molar-refractivity contribution in [1.82, 2.24) is 0 Å². The monoisotopic (exact) mass is 323 g/mol. The van der Waals surface area contributed by atoms with Crippen LogP contribution in [0.3, 0.4) is 0 Å². The Hall–Kier alpha value is -2.82. The number of para-hydroxylation sites is 1. The number of hydrogen-bond acceptors (Lipinski definition) is 3. The Morgan fingerprint density at radius 1 is 0.958 bits per heavy atom. The fourth-order valence-electron chi connectivity index (χ4n) is 2.45. The fourth-order valence-corrected chi connectivity index (χ4v) is 2.45. The van der Waals surface area contributed by atoms with Crippen molar-refractivity contribution in [3.05, 3.63) is 54.1 Å². The summed E-state index contributed by atoms with van der Waals surface area (Å²) in [7, 11) is 0. The average Bonchev–Trinajstić information content (AvgIpc) is 3.41. The normalized spacial score (nSPS) is 13.2. The predicted molar refractivity (Wildman–Crippen MR) is 96.1 cm³/mol. The second kappa shape index (κ2) is 7.17. The minimum atomic E-state index is -0.118. The molecule has 5 heteroatoms. The molecule has 2 aromatic rings. The Kier molecular flexibility index (Phi) is 4.79. The van der Waals surface area contributed by atoms with Gasteiger partial charge in [-0.1, -0.05) is 24.3 Å². The molecule has 0 aliphatic heterocycles. The van der Waals surface area contributed by atoms with Crippen LogP contribution in [-0.2, 0) is 9.59 Å². The average molecular weight is 323 g/mol. The van der Waals surface area contributed by atoms with Gasteiger partial charge in [0.2, 0.25) is 11.8 Å². The molecule has 0 bridgehead atoms. The van der Waals surface area contributed by atoms with E-state index in [1.807, 2.05) is 55.5 Å². The lowest BCUT2D eigenvalue weighted by Gasteiger charge is -2.14. The SMILES string of the molecule is Cc1c(NCC(=O)Nc2ccccc2)cccc1NC(=O)C1CC1. The smallest absolute Gasteiger partial charge is 0.243 e. The maximum absolute atomic E-state index is 12.0. The van der Waals surface area contributed by atoms with Crippen LogP contribution >= 0.6 is 0 Å². The van der Waals surface area contributed by atoms with E-state index in [9.17, 15) is 9.59 Å². The predicted octanol–water partition coefficient (Wildman–Crippen LogP) is 3.39. The number of anilines is 3. The van der Waals surface area contributed by atoms with Crippen molar-refractivity contribution in [1.29, 1.82) is 0 Å². The van der Waals surface area contributed by atoms with Gasteiger partial charge in [-0.15, -0.1) is 0 Å². The van der Waals surface area contributed by atoms with Crippen molar-refractivity contribution in [3.63, 3.8) is 0 Å². The van der Waals surface area contributed by atoms with Gasteiger partial charge in [-0.3, -0.25) is 9.59 Å². The summed E-state index contributed by atoms with van der Waals surface area (Å²) >= 11 is 0. The first-order valence-electron chi connectivity index (χ1n) is 8.13.